The number of aromatic amines is 1. The summed E-state index contributed by atoms with van der Waals surface area (Å²) in [5.41, 5.74) is 3.62. The van der Waals surface area contributed by atoms with Gasteiger partial charge in [0.25, 0.3) is 0 Å². The smallest absolute Gasteiger partial charge is 0.209 e. The van der Waals surface area contributed by atoms with Crippen LogP contribution < -0.4 is 0 Å². The Morgan fingerprint density at radius 2 is 1.21 bits per heavy atom. The highest BCUT2D eigenvalue weighted by Crippen LogP contribution is 2.50. The first-order valence-electron chi connectivity index (χ1n) is 9.95. The zero-order chi connectivity index (χ0) is 20.1. The summed E-state index contributed by atoms with van der Waals surface area (Å²) in [5.74, 6) is 1.47. The molecule has 4 heteroatoms. The summed E-state index contributed by atoms with van der Waals surface area (Å²) in [6.07, 6.45) is 0.891. The van der Waals surface area contributed by atoms with Gasteiger partial charge in [0.15, 0.2) is 0 Å². The molecule has 0 radical (unpaired) electrons. The van der Waals surface area contributed by atoms with E-state index in [1.54, 1.807) is 11.8 Å². The van der Waals surface area contributed by atoms with Crippen LogP contribution in [0.25, 0.3) is 0 Å². The fourth-order valence-corrected chi connectivity index (χ4v) is 4.92. The molecule has 4 aromatic rings. The maximum absolute atomic E-state index is 4.81. The third-order valence-electron chi connectivity index (χ3n) is 4.90. The number of hydrogen-bond acceptors (Lipinski definition) is 3. The number of benzene rings is 3. The Hall–Kier alpha value is -2.85. The van der Waals surface area contributed by atoms with Crippen molar-refractivity contribution in [3.63, 3.8) is 0 Å². The summed E-state index contributed by atoms with van der Waals surface area (Å²) in [7, 11) is 0. The van der Waals surface area contributed by atoms with E-state index in [9.17, 15) is 0 Å². The Morgan fingerprint density at radius 1 is 0.759 bits per heavy atom. The highest BCUT2D eigenvalue weighted by Gasteiger charge is 2.38. The number of rotatable bonds is 7. The third kappa shape index (κ3) is 4.13. The molecule has 3 nitrogen and oxygen atoms in total. The van der Waals surface area contributed by atoms with Gasteiger partial charge in [-0.15, -0.1) is 5.10 Å². The number of aromatic nitrogens is 3. The molecular weight excluding hydrogens is 374 g/mol. The van der Waals surface area contributed by atoms with E-state index in [0.29, 0.717) is 5.92 Å². The first-order valence-corrected chi connectivity index (χ1v) is 10.8. The number of nitrogens with zero attached hydrogens (tertiary/aromatic N) is 2. The van der Waals surface area contributed by atoms with Crippen molar-refractivity contribution in [2.75, 3.05) is 0 Å². The van der Waals surface area contributed by atoms with Crippen LogP contribution in [0.4, 0.5) is 0 Å². The Labute approximate surface area is 176 Å². The van der Waals surface area contributed by atoms with Crippen molar-refractivity contribution < 1.29 is 0 Å². The lowest BCUT2D eigenvalue weighted by atomic mass is 9.84. The molecule has 1 N–H and O–H groups in total. The number of hydrogen-bond donors (Lipinski definition) is 1. The van der Waals surface area contributed by atoms with Crippen molar-refractivity contribution in [1.82, 2.24) is 15.2 Å². The van der Waals surface area contributed by atoms with E-state index in [0.717, 1.165) is 17.4 Å². The average Bonchev–Trinajstić information content (AvgIpc) is 3.20. The van der Waals surface area contributed by atoms with Crippen LogP contribution in [0.3, 0.4) is 0 Å². The van der Waals surface area contributed by atoms with Crippen LogP contribution in [-0.2, 0) is 11.2 Å². The van der Waals surface area contributed by atoms with Gasteiger partial charge in [-0.1, -0.05) is 117 Å². The first-order chi connectivity index (χ1) is 14.2. The molecule has 4 rings (SSSR count). The summed E-state index contributed by atoms with van der Waals surface area (Å²) in [6.45, 7) is 4.38. The van der Waals surface area contributed by atoms with Crippen molar-refractivity contribution in [3.8, 4) is 0 Å². The lowest BCUT2D eigenvalue weighted by Crippen LogP contribution is -2.25. The van der Waals surface area contributed by atoms with E-state index in [4.69, 9.17) is 4.98 Å². The van der Waals surface area contributed by atoms with Crippen LogP contribution in [0, 0.1) is 5.92 Å². The summed E-state index contributed by atoms with van der Waals surface area (Å²) >= 11 is 1.69. The van der Waals surface area contributed by atoms with E-state index in [1.807, 2.05) is 0 Å². The van der Waals surface area contributed by atoms with Crippen molar-refractivity contribution >= 4 is 11.8 Å². The molecule has 3 aromatic carbocycles. The molecule has 0 atom stereocenters. The fourth-order valence-electron chi connectivity index (χ4n) is 3.63. The van der Waals surface area contributed by atoms with Gasteiger partial charge in [-0.25, -0.2) is 4.98 Å². The topological polar surface area (TPSA) is 41.6 Å². The predicted molar refractivity (Wildman–Crippen MR) is 120 cm³/mol. The van der Waals surface area contributed by atoms with E-state index in [1.165, 1.54) is 16.7 Å². The Bertz CT molecular complexity index is 931. The molecule has 0 amide bonds. The maximum atomic E-state index is 4.81. The Balaban J connectivity index is 1.89. The van der Waals surface area contributed by atoms with Gasteiger partial charge < -0.3 is 0 Å². The molecule has 0 aliphatic heterocycles. The lowest BCUT2D eigenvalue weighted by Gasteiger charge is -2.34. The van der Waals surface area contributed by atoms with Gasteiger partial charge in [-0.3, -0.25) is 5.10 Å². The van der Waals surface area contributed by atoms with E-state index >= 15 is 0 Å². The molecule has 1 heterocycles. The summed E-state index contributed by atoms with van der Waals surface area (Å²) in [6, 6.07) is 31.9. The standard InChI is InChI=1S/C25H25N3S/c1-19(2)18-23-26-24(28-27-23)29-25(20-12-6-3-7-13-20,21-14-8-4-9-15-21)22-16-10-5-11-17-22/h3-17,19H,18H2,1-2H3,(H,26,27,28). The van der Waals surface area contributed by atoms with Gasteiger partial charge in [0, 0.05) is 6.42 Å². The molecule has 146 valence electrons. The quantitative estimate of drug-likeness (QED) is 0.302. The van der Waals surface area contributed by atoms with Crippen LogP contribution in [0.15, 0.2) is 96.2 Å². The minimum Gasteiger partial charge on any atom is -0.262 e. The Kier molecular flexibility index (Phi) is 5.81. The van der Waals surface area contributed by atoms with Gasteiger partial charge in [0.2, 0.25) is 5.16 Å². The van der Waals surface area contributed by atoms with Crippen LogP contribution in [-0.4, -0.2) is 15.2 Å². The highest BCUT2D eigenvalue weighted by molar-refractivity contribution is 8.00. The molecular formula is C25H25N3S. The number of H-pyrrole nitrogens is 1. The second-order valence-corrected chi connectivity index (χ2v) is 8.73. The van der Waals surface area contributed by atoms with Crippen LogP contribution >= 0.6 is 11.8 Å². The fraction of sp³-hybridized carbons (Fsp3) is 0.200. The SMILES string of the molecule is CC(C)Cc1nc(SC(c2ccccc2)(c2ccccc2)c2ccccc2)n[nH]1. The van der Waals surface area contributed by atoms with Crippen molar-refractivity contribution in [2.24, 2.45) is 5.92 Å². The van der Waals surface area contributed by atoms with E-state index < -0.39 is 4.75 Å². The van der Waals surface area contributed by atoms with Gasteiger partial charge in [0.1, 0.15) is 5.82 Å². The van der Waals surface area contributed by atoms with Gasteiger partial charge in [-0.05, 0) is 22.6 Å². The summed E-state index contributed by atoms with van der Waals surface area (Å²) in [4.78, 5) is 4.81. The average molecular weight is 400 g/mol. The van der Waals surface area contributed by atoms with Gasteiger partial charge in [-0.2, -0.15) is 0 Å². The minimum atomic E-state index is -0.443. The Morgan fingerprint density at radius 3 is 1.62 bits per heavy atom. The molecule has 0 aliphatic carbocycles. The molecule has 0 aliphatic rings. The molecule has 0 saturated carbocycles. The zero-order valence-electron chi connectivity index (χ0n) is 16.7. The summed E-state index contributed by atoms with van der Waals surface area (Å²) < 4.78 is -0.443. The molecule has 0 saturated heterocycles. The lowest BCUT2D eigenvalue weighted by molar-refractivity contribution is 0.622. The van der Waals surface area contributed by atoms with Crippen molar-refractivity contribution in [1.29, 1.82) is 0 Å². The van der Waals surface area contributed by atoms with Gasteiger partial charge >= 0.3 is 0 Å². The number of thioether (sulfide) groups is 1. The van der Waals surface area contributed by atoms with Crippen molar-refractivity contribution in [3.05, 3.63) is 114 Å². The minimum absolute atomic E-state index is 0.443. The normalized spacial score (nSPS) is 11.7. The predicted octanol–water partition coefficient (Wildman–Crippen LogP) is 6.09. The second kappa shape index (κ2) is 8.66. The third-order valence-corrected chi connectivity index (χ3v) is 6.28. The molecule has 0 fully saturated rings. The zero-order valence-corrected chi connectivity index (χ0v) is 17.6. The summed E-state index contributed by atoms with van der Waals surface area (Å²) in [5, 5.41) is 8.45. The molecule has 0 bridgehead atoms. The van der Waals surface area contributed by atoms with Gasteiger partial charge in [0.05, 0.1) is 4.75 Å². The molecule has 29 heavy (non-hydrogen) atoms. The molecule has 0 unspecified atom stereocenters. The van der Waals surface area contributed by atoms with E-state index in [-0.39, 0.29) is 0 Å². The second-order valence-electron chi connectivity index (χ2n) is 7.54. The van der Waals surface area contributed by atoms with E-state index in [2.05, 4.69) is 115 Å². The van der Waals surface area contributed by atoms with Crippen molar-refractivity contribution in [2.45, 2.75) is 30.2 Å². The van der Waals surface area contributed by atoms with Crippen LogP contribution in [0.2, 0.25) is 0 Å². The van der Waals surface area contributed by atoms with Crippen LogP contribution in [0.5, 0.6) is 0 Å². The van der Waals surface area contributed by atoms with Crippen LogP contribution in [0.1, 0.15) is 36.4 Å². The maximum Gasteiger partial charge on any atom is 0.209 e. The largest absolute Gasteiger partial charge is 0.262 e. The monoisotopic (exact) mass is 399 g/mol. The molecule has 1 aromatic heterocycles. The number of nitrogens with one attached hydrogen (secondary N) is 1. The molecule has 0 spiro atoms. The highest BCUT2D eigenvalue weighted by atomic mass is 32.2. The first kappa shape index (κ1) is 19.5.